The van der Waals surface area contributed by atoms with Crippen molar-refractivity contribution in [1.29, 1.82) is 0 Å². The molecule has 0 aromatic heterocycles. The van der Waals surface area contributed by atoms with Crippen LogP contribution in [0.3, 0.4) is 0 Å². The second kappa shape index (κ2) is 14.9. The maximum atomic E-state index is 10.5. The summed E-state index contributed by atoms with van der Waals surface area (Å²) < 4.78 is 49.1. The topological polar surface area (TPSA) is 85.3 Å². The Labute approximate surface area is 210 Å². The number of halogens is 1. The number of nitrogens with zero attached hydrogens (tertiary/aromatic N) is 2. The summed E-state index contributed by atoms with van der Waals surface area (Å²) >= 11 is 3.78. The molecule has 1 heterocycles. The van der Waals surface area contributed by atoms with Crippen LogP contribution in [0.1, 0.15) is 40.5 Å². The SMILES string of the molecule is C=CC=C.CC1(C)CC([N+](C)(C)CCOCCOCCOCCS(=O)(=O)O)CC(C)(C)N1Br. The molecular weight excluding hydrogens is 512 g/mol. The second-order valence-electron chi connectivity index (χ2n) is 10.1. The van der Waals surface area contributed by atoms with Gasteiger partial charge < -0.3 is 18.7 Å². The maximum Gasteiger partial charge on any atom is 0.267 e. The average molecular weight is 559 g/mol. The molecule has 0 saturated carbocycles. The summed E-state index contributed by atoms with van der Waals surface area (Å²) in [6.07, 6.45) is 5.52. The van der Waals surface area contributed by atoms with Crippen LogP contribution in [0.15, 0.2) is 25.3 Å². The van der Waals surface area contributed by atoms with Gasteiger partial charge in [0.05, 0.1) is 65.5 Å². The molecular formula is C23H46BrN2O6S+. The highest BCUT2D eigenvalue weighted by molar-refractivity contribution is 9.07. The molecule has 0 atom stereocenters. The zero-order chi connectivity index (χ0) is 25.8. The van der Waals surface area contributed by atoms with E-state index in [0.717, 1.165) is 23.9 Å². The number of quaternary nitrogens is 1. The molecule has 1 aliphatic rings. The van der Waals surface area contributed by atoms with E-state index < -0.39 is 15.9 Å². The first-order chi connectivity index (χ1) is 15.1. The summed E-state index contributed by atoms with van der Waals surface area (Å²) in [7, 11) is 0.604. The summed E-state index contributed by atoms with van der Waals surface area (Å²) in [4.78, 5) is 0. The third kappa shape index (κ3) is 14.0. The summed E-state index contributed by atoms with van der Waals surface area (Å²) in [5, 5.41) is 0. The first-order valence-electron chi connectivity index (χ1n) is 11.3. The lowest BCUT2D eigenvalue weighted by atomic mass is 9.78. The zero-order valence-corrected chi connectivity index (χ0v) is 23.8. The van der Waals surface area contributed by atoms with Gasteiger partial charge in [0.15, 0.2) is 0 Å². The van der Waals surface area contributed by atoms with Gasteiger partial charge in [0.1, 0.15) is 6.54 Å². The summed E-state index contributed by atoms with van der Waals surface area (Å²) in [5.41, 5.74) is 0.195. The minimum absolute atomic E-state index is 0.0344. The van der Waals surface area contributed by atoms with Crippen LogP contribution in [0.5, 0.6) is 0 Å². The Morgan fingerprint density at radius 1 is 0.939 bits per heavy atom. The Morgan fingerprint density at radius 2 is 1.33 bits per heavy atom. The molecule has 1 N–H and O–H groups in total. The molecule has 1 aliphatic heterocycles. The van der Waals surface area contributed by atoms with Gasteiger partial charge in [-0.05, 0) is 27.7 Å². The molecule has 0 aromatic rings. The van der Waals surface area contributed by atoms with E-state index in [1.165, 1.54) is 0 Å². The van der Waals surface area contributed by atoms with Gasteiger partial charge in [0.25, 0.3) is 10.1 Å². The van der Waals surface area contributed by atoms with Crippen LogP contribution in [0.25, 0.3) is 0 Å². The maximum absolute atomic E-state index is 10.5. The molecule has 0 bridgehead atoms. The van der Waals surface area contributed by atoms with Crippen molar-refractivity contribution in [3.05, 3.63) is 25.3 Å². The fourth-order valence-electron chi connectivity index (χ4n) is 3.89. The van der Waals surface area contributed by atoms with Crippen molar-refractivity contribution in [3.8, 4) is 0 Å². The minimum atomic E-state index is -3.96. The third-order valence-electron chi connectivity index (χ3n) is 5.73. The van der Waals surface area contributed by atoms with Crippen molar-refractivity contribution < 1.29 is 31.7 Å². The van der Waals surface area contributed by atoms with E-state index in [1.807, 2.05) is 0 Å². The minimum Gasteiger partial charge on any atom is -0.378 e. The normalized spacial score (nSPS) is 18.9. The highest BCUT2D eigenvalue weighted by Gasteiger charge is 2.49. The second-order valence-corrected chi connectivity index (χ2v) is 12.3. The Balaban J connectivity index is 0.00000235. The molecule has 0 aliphatic carbocycles. The first kappa shape index (κ1) is 32.7. The highest BCUT2D eigenvalue weighted by atomic mass is 79.9. The van der Waals surface area contributed by atoms with Crippen molar-refractivity contribution in [2.45, 2.75) is 57.7 Å². The molecule has 1 saturated heterocycles. The summed E-state index contributed by atoms with van der Waals surface area (Å²) in [5.74, 6) is -0.396. The van der Waals surface area contributed by atoms with Gasteiger partial charge in [-0.2, -0.15) is 8.42 Å². The van der Waals surface area contributed by atoms with E-state index in [2.05, 4.69) is 75.0 Å². The molecule has 0 amide bonds. The summed E-state index contributed by atoms with van der Waals surface area (Å²) in [6.45, 7) is 19.1. The first-order valence-corrected chi connectivity index (χ1v) is 13.6. The van der Waals surface area contributed by atoms with Gasteiger partial charge in [-0.15, -0.1) is 0 Å². The molecule has 1 fully saturated rings. The van der Waals surface area contributed by atoms with E-state index in [-0.39, 0.29) is 24.3 Å². The van der Waals surface area contributed by atoms with E-state index >= 15 is 0 Å². The zero-order valence-electron chi connectivity index (χ0n) is 21.4. The number of allylic oxidation sites excluding steroid dienone is 2. The molecule has 33 heavy (non-hydrogen) atoms. The van der Waals surface area contributed by atoms with Crippen molar-refractivity contribution >= 4 is 26.3 Å². The Morgan fingerprint density at radius 3 is 1.73 bits per heavy atom. The fourth-order valence-corrected chi connectivity index (χ4v) is 4.51. The lowest BCUT2D eigenvalue weighted by Gasteiger charge is -2.55. The van der Waals surface area contributed by atoms with Crippen molar-refractivity contribution in [2.24, 2.45) is 0 Å². The Hall–Kier alpha value is -0.330. The number of hydrogen-bond donors (Lipinski definition) is 1. The van der Waals surface area contributed by atoms with Crippen LogP contribution in [0.2, 0.25) is 0 Å². The third-order valence-corrected chi connectivity index (χ3v) is 8.33. The number of piperidine rings is 1. The number of rotatable bonds is 14. The van der Waals surface area contributed by atoms with Crippen LogP contribution in [-0.2, 0) is 24.3 Å². The van der Waals surface area contributed by atoms with Gasteiger partial charge in [0.2, 0.25) is 0 Å². The van der Waals surface area contributed by atoms with Crippen LogP contribution in [0, 0.1) is 0 Å². The fraction of sp³-hybridized carbons (Fsp3) is 0.826. The monoisotopic (exact) mass is 557 g/mol. The number of likely N-dealkylation sites (N-methyl/N-ethyl adjacent to an activating group) is 1. The molecule has 0 spiro atoms. The molecule has 0 aromatic carbocycles. The Kier molecular flexibility index (Phi) is 14.8. The summed E-state index contributed by atoms with van der Waals surface area (Å²) in [6, 6.07) is 0.563. The van der Waals surface area contributed by atoms with Crippen molar-refractivity contribution in [2.75, 3.05) is 66.0 Å². The van der Waals surface area contributed by atoms with Gasteiger partial charge in [0, 0.05) is 40.1 Å². The van der Waals surface area contributed by atoms with Crippen LogP contribution in [-0.4, -0.2) is 105 Å². The lowest BCUT2D eigenvalue weighted by molar-refractivity contribution is -0.918. The molecule has 10 heteroatoms. The Bertz CT molecular complexity index is 658. The van der Waals surface area contributed by atoms with E-state index in [9.17, 15) is 8.42 Å². The van der Waals surface area contributed by atoms with Crippen molar-refractivity contribution in [3.63, 3.8) is 0 Å². The van der Waals surface area contributed by atoms with Gasteiger partial charge >= 0.3 is 0 Å². The van der Waals surface area contributed by atoms with E-state index in [4.69, 9.17) is 18.8 Å². The predicted molar refractivity (Wildman–Crippen MR) is 138 cm³/mol. The largest absolute Gasteiger partial charge is 0.378 e. The highest BCUT2D eigenvalue weighted by Crippen LogP contribution is 2.43. The quantitative estimate of drug-likeness (QED) is 0.114. The van der Waals surface area contributed by atoms with Crippen molar-refractivity contribution in [1.82, 2.24) is 3.93 Å². The average Bonchev–Trinajstić information content (AvgIpc) is 2.69. The van der Waals surface area contributed by atoms with Gasteiger partial charge in [-0.3, -0.25) is 4.55 Å². The number of ether oxygens (including phenoxy) is 3. The lowest BCUT2D eigenvalue weighted by Crippen LogP contribution is -2.64. The standard InChI is InChI=1S/C19H39BrN2O6S.C4H6/c1-18(2)15-17(16-19(3,4)21(18)20)22(5,6)7-8-26-9-10-27-11-12-28-13-14-29(23,24)25;1-3-4-2/h17H,7-16H2,1-6H3;3-4H,1-2H2/p+1. The van der Waals surface area contributed by atoms with Gasteiger partial charge in [-0.25, -0.2) is 3.93 Å². The van der Waals surface area contributed by atoms with E-state index in [0.29, 0.717) is 32.5 Å². The van der Waals surface area contributed by atoms with Crippen LogP contribution >= 0.6 is 16.1 Å². The number of hydrogen-bond acceptors (Lipinski definition) is 6. The molecule has 196 valence electrons. The molecule has 0 radical (unpaired) electrons. The van der Waals surface area contributed by atoms with Gasteiger partial charge in [-0.1, -0.05) is 25.3 Å². The molecule has 8 nitrogen and oxygen atoms in total. The predicted octanol–water partition coefficient (Wildman–Crippen LogP) is 3.69. The van der Waals surface area contributed by atoms with Crippen LogP contribution in [0.4, 0.5) is 0 Å². The smallest absolute Gasteiger partial charge is 0.267 e. The molecule has 0 unspecified atom stereocenters. The molecule has 1 rings (SSSR count). The van der Waals surface area contributed by atoms with E-state index in [1.54, 1.807) is 12.2 Å². The van der Waals surface area contributed by atoms with Crippen LogP contribution < -0.4 is 0 Å².